The quantitative estimate of drug-likeness (QED) is 0.816. The summed E-state index contributed by atoms with van der Waals surface area (Å²) < 4.78 is 5.15. The lowest BCUT2D eigenvalue weighted by atomic mass is 10.0. The van der Waals surface area contributed by atoms with Crippen molar-refractivity contribution in [3.05, 3.63) is 64.7 Å². The molecule has 23 heavy (non-hydrogen) atoms. The van der Waals surface area contributed by atoms with Gasteiger partial charge in [-0.1, -0.05) is 35.9 Å². The van der Waals surface area contributed by atoms with Crippen LogP contribution in [0.1, 0.15) is 23.3 Å². The molecule has 0 aliphatic carbocycles. The largest absolute Gasteiger partial charge is 0.497 e. The first kappa shape index (κ1) is 17.8. The van der Waals surface area contributed by atoms with E-state index in [1.165, 1.54) is 0 Å². The van der Waals surface area contributed by atoms with Crippen molar-refractivity contribution in [3.8, 4) is 5.75 Å². The van der Waals surface area contributed by atoms with Crippen molar-refractivity contribution in [2.24, 2.45) is 0 Å². The predicted octanol–water partition coefficient (Wildman–Crippen LogP) is 3.05. The third kappa shape index (κ3) is 4.69. The molecule has 0 radical (unpaired) electrons. The smallest absolute Gasteiger partial charge is 0.118 e. The van der Waals surface area contributed by atoms with Crippen molar-refractivity contribution >= 4 is 11.6 Å². The highest BCUT2D eigenvalue weighted by Crippen LogP contribution is 2.25. The average Bonchev–Trinajstić information content (AvgIpc) is 2.56. The number of benzene rings is 2. The highest BCUT2D eigenvalue weighted by molar-refractivity contribution is 6.30. The van der Waals surface area contributed by atoms with Crippen molar-refractivity contribution < 1.29 is 14.9 Å². The molecule has 2 N–H and O–H groups in total. The van der Waals surface area contributed by atoms with Crippen molar-refractivity contribution in [2.45, 2.75) is 12.1 Å². The van der Waals surface area contributed by atoms with E-state index in [4.69, 9.17) is 16.3 Å². The van der Waals surface area contributed by atoms with Gasteiger partial charge in [0.05, 0.1) is 25.9 Å². The third-order valence-corrected chi connectivity index (χ3v) is 4.14. The Labute approximate surface area is 141 Å². The number of hydrogen-bond donors (Lipinski definition) is 2. The minimum Gasteiger partial charge on any atom is -0.497 e. The molecule has 0 saturated carbocycles. The van der Waals surface area contributed by atoms with Crippen LogP contribution in [0, 0.1) is 0 Å². The summed E-state index contributed by atoms with van der Waals surface area (Å²) in [4.78, 5) is 1.92. The van der Waals surface area contributed by atoms with Gasteiger partial charge in [0.25, 0.3) is 0 Å². The van der Waals surface area contributed by atoms with E-state index in [9.17, 15) is 10.2 Å². The molecule has 0 amide bonds. The molecule has 0 heterocycles. The number of ether oxygens (including phenoxy) is 1. The molecular weight excluding hydrogens is 314 g/mol. The van der Waals surface area contributed by atoms with E-state index in [0.29, 0.717) is 11.6 Å². The molecule has 2 unspecified atom stereocenters. The van der Waals surface area contributed by atoms with Crippen molar-refractivity contribution in [3.63, 3.8) is 0 Å². The number of likely N-dealkylation sites (N-methyl/N-ethyl adjacent to an activating group) is 1. The first-order valence-corrected chi connectivity index (χ1v) is 7.81. The van der Waals surface area contributed by atoms with Gasteiger partial charge in [-0.2, -0.15) is 0 Å². The first-order chi connectivity index (χ1) is 11.0. The summed E-state index contributed by atoms with van der Waals surface area (Å²) in [5.41, 5.74) is 1.73. The maximum absolute atomic E-state index is 10.4. The maximum Gasteiger partial charge on any atom is 0.118 e. The van der Waals surface area contributed by atoms with Crippen LogP contribution in [0.15, 0.2) is 48.5 Å². The Morgan fingerprint density at radius 2 is 1.83 bits per heavy atom. The fourth-order valence-electron chi connectivity index (χ4n) is 2.54. The Hall–Kier alpha value is -1.59. The fourth-order valence-corrected chi connectivity index (χ4v) is 2.74. The van der Waals surface area contributed by atoms with Gasteiger partial charge in [0.15, 0.2) is 0 Å². The van der Waals surface area contributed by atoms with Crippen LogP contribution in [0.25, 0.3) is 0 Å². The van der Waals surface area contributed by atoms with Gasteiger partial charge in [0, 0.05) is 11.6 Å². The molecule has 0 bridgehead atoms. The molecule has 2 rings (SSSR count). The van der Waals surface area contributed by atoms with E-state index in [2.05, 4.69) is 0 Å². The lowest BCUT2D eigenvalue weighted by molar-refractivity contribution is 0.0795. The molecule has 0 spiro atoms. The summed E-state index contributed by atoms with van der Waals surface area (Å²) in [6.45, 7) is 0.350. The van der Waals surface area contributed by atoms with Crippen LogP contribution < -0.4 is 4.74 Å². The zero-order valence-corrected chi connectivity index (χ0v) is 14.1. The average molecular weight is 336 g/mol. The summed E-state index contributed by atoms with van der Waals surface area (Å²) in [7, 11) is 3.49. The normalized spacial score (nSPS) is 13.8. The minimum absolute atomic E-state index is 0.0366. The number of rotatable bonds is 7. The summed E-state index contributed by atoms with van der Waals surface area (Å²) in [5.74, 6) is 0.770. The fraction of sp³-hybridized carbons (Fsp3) is 0.333. The summed E-state index contributed by atoms with van der Waals surface area (Å²) in [6, 6.07) is 14.5. The number of halogens is 1. The Bertz CT molecular complexity index is 618. The standard InChI is InChI=1S/C18H22ClNO3/c1-20(11-18(22)14-4-3-5-15(19)10-14)17(12-21)13-6-8-16(23-2)9-7-13/h3-10,17-18,21-22H,11-12H2,1-2H3. The van der Waals surface area contributed by atoms with Crippen LogP contribution in [0.2, 0.25) is 5.02 Å². The van der Waals surface area contributed by atoms with Gasteiger partial charge < -0.3 is 14.9 Å². The molecule has 5 heteroatoms. The molecule has 2 atom stereocenters. The lowest BCUT2D eigenvalue weighted by Gasteiger charge is -2.29. The topological polar surface area (TPSA) is 52.9 Å². The maximum atomic E-state index is 10.4. The van der Waals surface area contributed by atoms with Gasteiger partial charge in [0.1, 0.15) is 5.75 Å². The van der Waals surface area contributed by atoms with Crippen molar-refractivity contribution in [1.82, 2.24) is 4.90 Å². The van der Waals surface area contributed by atoms with Crippen molar-refractivity contribution in [2.75, 3.05) is 27.3 Å². The van der Waals surface area contributed by atoms with Gasteiger partial charge in [-0.05, 0) is 42.4 Å². The number of methoxy groups -OCH3 is 1. The summed E-state index contributed by atoms with van der Waals surface area (Å²) in [5, 5.41) is 20.7. The molecular formula is C18H22ClNO3. The van der Waals surface area contributed by atoms with Crippen LogP contribution >= 0.6 is 11.6 Å². The Morgan fingerprint density at radius 3 is 2.39 bits per heavy atom. The molecule has 2 aromatic rings. The molecule has 0 aromatic heterocycles. The second-order valence-electron chi connectivity index (χ2n) is 5.48. The number of hydrogen-bond acceptors (Lipinski definition) is 4. The van der Waals surface area contributed by atoms with Gasteiger partial charge in [0.2, 0.25) is 0 Å². The van der Waals surface area contributed by atoms with Gasteiger partial charge in [-0.3, -0.25) is 4.90 Å². The van der Waals surface area contributed by atoms with Gasteiger partial charge in [-0.25, -0.2) is 0 Å². The number of aliphatic hydroxyl groups is 2. The molecule has 4 nitrogen and oxygen atoms in total. The molecule has 124 valence electrons. The molecule has 2 aromatic carbocycles. The van der Waals surface area contributed by atoms with Crippen LogP contribution in [0.3, 0.4) is 0 Å². The van der Waals surface area contributed by atoms with Gasteiger partial charge >= 0.3 is 0 Å². The second-order valence-corrected chi connectivity index (χ2v) is 5.92. The third-order valence-electron chi connectivity index (χ3n) is 3.90. The Morgan fingerprint density at radius 1 is 1.13 bits per heavy atom. The lowest BCUT2D eigenvalue weighted by Crippen LogP contribution is -2.31. The van der Waals surface area contributed by atoms with Crippen LogP contribution in [-0.4, -0.2) is 42.4 Å². The van der Waals surface area contributed by atoms with E-state index in [1.54, 1.807) is 19.2 Å². The Balaban J connectivity index is 2.08. The zero-order valence-electron chi connectivity index (χ0n) is 13.3. The van der Waals surface area contributed by atoms with Gasteiger partial charge in [-0.15, -0.1) is 0 Å². The van der Waals surface area contributed by atoms with E-state index in [-0.39, 0.29) is 12.6 Å². The van der Waals surface area contributed by atoms with E-state index >= 15 is 0 Å². The summed E-state index contributed by atoms with van der Waals surface area (Å²) >= 11 is 5.96. The zero-order chi connectivity index (χ0) is 16.8. The van der Waals surface area contributed by atoms with Crippen LogP contribution in [-0.2, 0) is 0 Å². The first-order valence-electron chi connectivity index (χ1n) is 7.43. The predicted molar refractivity (Wildman–Crippen MR) is 91.9 cm³/mol. The SMILES string of the molecule is COc1ccc(C(CO)N(C)CC(O)c2cccc(Cl)c2)cc1. The highest BCUT2D eigenvalue weighted by Gasteiger charge is 2.20. The Kier molecular flexibility index (Phi) is 6.42. The van der Waals surface area contributed by atoms with E-state index in [1.807, 2.05) is 48.3 Å². The minimum atomic E-state index is -0.675. The number of aliphatic hydroxyl groups excluding tert-OH is 2. The summed E-state index contributed by atoms with van der Waals surface area (Å²) in [6.07, 6.45) is -0.675. The highest BCUT2D eigenvalue weighted by atomic mass is 35.5. The second kappa shape index (κ2) is 8.31. The van der Waals surface area contributed by atoms with Crippen molar-refractivity contribution in [1.29, 1.82) is 0 Å². The van der Waals surface area contributed by atoms with E-state index < -0.39 is 6.10 Å². The monoisotopic (exact) mass is 335 g/mol. The van der Waals surface area contributed by atoms with Crippen LogP contribution in [0.5, 0.6) is 5.75 Å². The molecule has 0 aliphatic rings. The van der Waals surface area contributed by atoms with E-state index in [0.717, 1.165) is 16.9 Å². The molecule has 0 fully saturated rings. The number of nitrogens with zero attached hydrogens (tertiary/aromatic N) is 1. The van der Waals surface area contributed by atoms with Crippen LogP contribution in [0.4, 0.5) is 0 Å². The molecule has 0 saturated heterocycles. The molecule has 0 aliphatic heterocycles.